The van der Waals surface area contributed by atoms with Crippen molar-refractivity contribution in [3.63, 3.8) is 0 Å². The molecule has 0 bridgehead atoms. The highest BCUT2D eigenvalue weighted by Gasteiger charge is 2.28. The van der Waals surface area contributed by atoms with E-state index < -0.39 is 10.0 Å². The lowest BCUT2D eigenvalue weighted by molar-refractivity contribution is -0.116. The van der Waals surface area contributed by atoms with Crippen molar-refractivity contribution in [3.8, 4) is 0 Å². The van der Waals surface area contributed by atoms with Crippen molar-refractivity contribution < 1.29 is 17.7 Å². The molecule has 1 aromatic carbocycles. The summed E-state index contributed by atoms with van der Waals surface area (Å²) in [6, 6.07) is 6.52. The zero-order valence-electron chi connectivity index (χ0n) is 17.1. The fraction of sp³-hybridized carbons (Fsp3) is 0.550. The van der Waals surface area contributed by atoms with E-state index in [2.05, 4.69) is 15.5 Å². The average Bonchev–Trinajstić information content (AvgIpc) is 3.17. The van der Waals surface area contributed by atoms with Crippen LogP contribution in [-0.4, -0.2) is 41.9 Å². The van der Waals surface area contributed by atoms with Gasteiger partial charge in [-0.05, 0) is 25.0 Å². The van der Waals surface area contributed by atoms with Crippen LogP contribution in [0, 0.1) is 0 Å². The van der Waals surface area contributed by atoms with Crippen LogP contribution in [-0.2, 0) is 26.7 Å². The predicted octanol–water partition coefficient (Wildman–Crippen LogP) is 3.11. The Morgan fingerprint density at radius 2 is 1.86 bits per heavy atom. The summed E-state index contributed by atoms with van der Waals surface area (Å²) >= 11 is 0. The Hall–Kier alpha value is -2.26. The first-order valence-corrected chi connectivity index (χ1v) is 11.3. The van der Waals surface area contributed by atoms with Crippen LogP contribution in [0.15, 0.2) is 33.7 Å². The van der Waals surface area contributed by atoms with E-state index in [0.717, 1.165) is 19.3 Å². The molecule has 0 saturated carbocycles. The number of aryl methyl sites for hydroxylation is 1. The van der Waals surface area contributed by atoms with Gasteiger partial charge in [-0.1, -0.05) is 44.5 Å². The third-order valence-electron chi connectivity index (χ3n) is 4.80. The SMILES string of the molecule is CC(C)(C)c1noc(CCC(=O)Nc2ccccc2S(=O)(=O)N2CCCCC2)n1. The van der Waals surface area contributed by atoms with Gasteiger partial charge in [-0.2, -0.15) is 9.29 Å². The Balaban J connectivity index is 1.67. The van der Waals surface area contributed by atoms with E-state index in [0.29, 0.717) is 30.5 Å². The maximum atomic E-state index is 13.0. The molecule has 1 fully saturated rings. The number of benzene rings is 1. The lowest BCUT2D eigenvalue weighted by atomic mass is 9.96. The molecule has 29 heavy (non-hydrogen) atoms. The predicted molar refractivity (Wildman–Crippen MR) is 109 cm³/mol. The summed E-state index contributed by atoms with van der Waals surface area (Å²) in [6.07, 6.45) is 3.15. The molecule has 0 radical (unpaired) electrons. The van der Waals surface area contributed by atoms with Crippen molar-refractivity contribution in [2.24, 2.45) is 0 Å². The van der Waals surface area contributed by atoms with Crippen LogP contribution in [0.2, 0.25) is 0 Å². The number of hydrogen-bond donors (Lipinski definition) is 1. The Morgan fingerprint density at radius 1 is 1.17 bits per heavy atom. The molecule has 1 aromatic heterocycles. The van der Waals surface area contributed by atoms with Gasteiger partial charge in [0.25, 0.3) is 0 Å². The standard InChI is InChI=1S/C20H28N4O4S/c1-20(2,3)19-22-18(28-23-19)12-11-17(25)21-15-9-5-6-10-16(15)29(26,27)24-13-7-4-8-14-24/h5-6,9-10H,4,7-8,11-14H2,1-3H3,(H,21,25). The Labute approximate surface area is 171 Å². The monoisotopic (exact) mass is 420 g/mol. The van der Waals surface area contributed by atoms with Crippen LogP contribution < -0.4 is 5.32 Å². The summed E-state index contributed by atoms with van der Waals surface area (Å²) in [5, 5.41) is 6.67. The first-order chi connectivity index (χ1) is 13.7. The number of amides is 1. The molecule has 1 amide bonds. The summed E-state index contributed by atoms with van der Waals surface area (Å²) in [6.45, 7) is 6.96. The number of carbonyl (C=O) groups excluding carboxylic acids is 1. The number of para-hydroxylation sites is 1. The van der Waals surface area contributed by atoms with Gasteiger partial charge in [-0.3, -0.25) is 4.79 Å². The Morgan fingerprint density at radius 3 is 2.52 bits per heavy atom. The van der Waals surface area contributed by atoms with Crippen molar-refractivity contribution in [2.75, 3.05) is 18.4 Å². The zero-order valence-corrected chi connectivity index (χ0v) is 18.0. The van der Waals surface area contributed by atoms with Crippen LogP contribution >= 0.6 is 0 Å². The van der Waals surface area contributed by atoms with Gasteiger partial charge in [0.2, 0.25) is 21.8 Å². The minimum Gasteiger partial charge on any atom is -0.339 e. The number of piperidine rings is 1. The van der Waals surface area contributed by atoms with Gasteiger partial charge in [0.1, 0.15) is 4.90 Å². The largest absolute Gasteiger partial charge is 0.339 e. The van der Waals surface area contributed by atoms with Crippen molar-refractivity contribution in [3.05, 3.63) is 36.0 Å². The number of sulfonamides is 1. The van der Waals surface area contributed by atoms with E-state index >= 15 is 0 Å². The van der Waals surface area contributed by atoms with Crippen molar-refractivity contribution in [1.29, 1.82) is 0 Å². The lowest BCUT2D eigenvalue weighted by Crippen LogP contribution is -2.36. The molecular weight excluding hydrogens is 392 g/mol. The van der Waals surface area contributed by atoms with Gasteiger partial charge < -0.3 is 9.84 Å². The van der Waals surface area contributed by atoms with Gasteiger partial charge in [0.15, 0.2) is 5.82 Å². The van der Waals surface area contributed by atoms with Crippen molar-refractivity contribution in [2.45, 2.75) is 63.2 Å². The normalized spacial score (nSPS) is 16.0. The minimum atomic E-state index is -3.64. The zero-order chi connectivity index (χ0) is 21.1. The van der Waals surface area contributed by atoms with Crippen LogP contribution in [0.25, 0.3) is 0 Å². The molecule has 0 unspecified atom stereocenters. The maximum absolute atomic E-state index is 13.0. The number of aromatic nitrogens is 2. The van der Waals surface area contributed by atoms with Crippen molar-refractivity contribution >= 4 is 21.6 Å². The van der Waals surface area contributed by atoms with Crippen LogP contribution in [0.3, 0.4) is 0 Å². The summed E-state index contributed by atoms with van der Waals surface area (Å²) in [7, 11) is -3.64. The second-order valence-corrected chi connectivity index (χ2v) is 10.2. The summed E-state index contributed by atoms with van der Waals surface area (Å²) in [5.41, 5.74) is 0.0650. The molecule has 3 rings (SSSR count). The van der Waals surface area contributed by atoms with Gasteiger partial charge in [-0.25, -0.2) is 8.42 Å². The van der Waals surface area contributed by atoms with E-state index in [1.54, 1.807) is 18.2 Å². The first kappa shape index (κ1) is 21.4. The fourth-order valence-corrected chi connectivity index (χ4v) is 4.80. The van der Waals surface area contributed by atoms with E-state index in [4.69, 9.17) is 4.52 Å². The average molecular weight is 421 g/mol. The Bertz CT molecular complexity index is 957. The van der Waals surface area contributed by atoms with Crippen LogP contribution in [0.5, 0.6) is 0 Å². The topological polar surface area (TPSA) is 105 Å². The third-order valence-corrected chi connectivity index (χ3v) is 6.76. The maximum Gasteiger partial charge on any atom is 0.245 e. The lowest BCUT2D eigenvalue weighted by Gasteiger charge is -2.26. The number of anilines is 1. The molecule has 1 N–H and O–H groups in total. The molecule has 1 aliphatic rings. The number of rotatable bonds is 6. The molecule has 9 heteroatoms. The number of nitrogens with zero attached hydrogens (tertiary/aromatic N) is 3. The van der Waals surface area contributed by atoms with Gasteiger partial charge in [0, 0.05) is 31.3 Å². The van der Waals surface area contributed by atoms with Gasteiger partial charge in [-0.15, -0.1) is 0 Å². The highest BCUT2D eigenvalue weighted by Crippen LogP contribution is 2.27. The quantitative estimate of drug-likeness (QED) is 0.770. The minimum absolute atomic E-state index is 0.115. The molecule has 8 nitrogen and oxygen atoms in total. The number of nitrogens with one attached hydrogen (secondary N) is 1. The molecule has 158 valence electrons. The van der Waals surface area contributed by atoms with E-state index in [1.165, 1.54) is 10.4 Å². The molecule has 2 aromatic rings. The van der Waals surface area contributed by atoms with Crippen LogP contribution in [0.1, 0.15) is 58.2 Å². The third kappa shape index (κ3) is 5.22. The number of hydrogen-bond acceptors (Lipinski definition) is 6. The second kappa shape index (κ2) is 8.62. The highest BCUT2D eigenvalue weighted by molar-refractivity contribution is 7.89. The molecule has 1 saturated heterocycles. The summed E-state index contributed by atoms with van der Waals surface area (Å²) < 4.78 is 32.7. The smallest absolute Gasteiger partial charge is 0.245 e. The fourth-order valence-electron chi connectivity index (χ4n) is 3.13. The van der Waals surface area contributed by atoms with Gasteiger partial charge in [0.05, 0.1) is 5.69 Å². The molecule has 1 aliphatic heterocycles. The Kier molecular flexibility index (Phi) is 6.38. The number of carbonyl (C=O) groups is 1. The highest BCUT2D eigenvalue weighted by atomic mass is 32.2. The van der Waals surface area contributed by atoms with Gasteiger partial charge >= 0.3 is 0 Å². The van der Waals surface area contributed by atoms with E-state index in [-0.39, 0.29) is 29.1 Å². The molecule has 0 atom stereocenters. The van der Waals surface area contributed by atoms with E-state index in [1.807, 2.05) is 20.8 Å². The van der Waals surface area contributed by atoms with Crippen LogP contribution in [0.4, 0.5) is 5.69 Å². The molecule has 2 heterocycles. The first-order valence-electron chi connectivity index (χ1n) is 9.90. The second-order valence-electron chi connectivity index (χ2n) is 8.27. The molecule has 0 aliphatic carbocycles. The van der Waals surface area contributed by atoms with E-state index in [9.17, 15) is 13.2 Å². The molecular formula is C20H28N4O4S. The molecule has 0 spiro atoms. The summed E-state index contributed by atoms with van der Waals surface area (Å²) in [5.74, 6) is 0.673. The summed E-state index contributed by atoms with van der Waals surface area (Å²) in [4.78, 5) is 16.9. The van der Waals surface area contributed by atoms with Crippen molar-refractivity contribution in [1.82, 2.24) is 14.4 Å².